The maximum absolute atomic E-state index is 10.6. The quantitative estimate of drug-likeness (QED) is 0.411. The molecule has 0 bridgehead atoms. The monoisotopic (exact) mass is 450 g/mol. The van der Waals surface area contributed by atoms with Crippen LogP contribution in [0.1, 0.15) is 40.5 Å². The lowest BCUT2D eigenvalue weighted by molar-refractivity contribution is 0.161. The molecule has 0 amide bonds. The Morgan fingerprint density at radius 1 is 1.12 bits per heavy atom. The number of piperidine rings is 1. The number of phenols is 1. The van der Waals surface area contributed by atoms with Crippen molar-refractivity contribution in [1.82, 2.24) is 25.3 Å². The lowest BCUT2D eigenvalue weighted by Crippen LogP contribution is -2.61. The number of hydrogen-bond acceptors (Lipinski definition) is 6. The minimum absolute atomic E-state index is 0.105. The highest BCUT2D eigenvalue weighted by Gasteiger charge is 2.39. The second-order valence-corrected chi connectivity index (χ2v) is 11.2. The van der Waals surface area contributed by atoms with Crippen LogP contribution in [0.4, 0.5) is 5.00 Å². The van der Waals surface area contributed by atoms with Crippen molar-refractivity contribution in [3.63, 3.8) is 0 Å². The SMILES string of the molecule is CN(c1cc2nn(-c3ccc(-c4cn[nH]c4)cc3O)cc2s1)C1CC(C)(C)NC(C)(C)C1. The Balaban J connectivity index is 1.40. The summed E-state index contributed by atoms with van der Waals surface area (Å²) in [4.78, 5) is 2.41. The predicted octanol–water partition coefficient (Wildman–Crippen LogP) is 4.93. The van der Waals surface area contributed by atoms with Crippen molar-refractivity contribution < 1.29 is 5.11 Å². The zero-order chi connectivity index (χ0) is 22.7. The highest BCUT2D eigenvalue weighted by molar-refractivity contribution is 7.22. The highest BCUT2D eigenvalue weighted by atomic mass is 32.1. The lowest BCUT2D eigenvalue weighted by atomic mass is 9.79. The van der Waals surface area contributed by atoms with Gasteiger partial charge in [-0.15, -0.1) is 11.3 Å². The molecule has 1 fully saturated rings. The van der Waals surface area contributed by atoms with Gasteiger partial charge in [0.2, 0.25) is 0 Å². The first-order chi connectivity index (χ1) is 15.1. The molecule has 0 saturated carbocycles. The first-order valence-corrected chi connectivity index (χ1v) is 11.8. The fourth-order valence-corrected chi connectivity index (χ4v) is 6.18. The summed E-state index contributed by atoms with van der Waals surface area (Å²) in [6.07, 6.45) is 7.74. The van der Waals surface area contributed by atoms with Gasteiger partial charge in [0, 0.05) is 48.2 Å². The van der Waals surface area contributed by atoms with Gasteiger partial charge in [0.1, 0.15) is 17.0 Å². The summed E-state index contributed by atoms with van der Waals surface area (Å²) in [5, 5.41) is 27.1. The van der Waals surface area contributed by atoms with Crippen molar-refractivity contribution in [3.8, 4) is 22.6 Å². The number of anilines is 1. The van der Waals surface area contributed by atoms with Gasteiger partial charge in [-0.2, -0.15) is 10.2 Å². The van der Waals surface area contributed by atoms with Gasteiger partial charge in [-0.3, -0.25) is 5.10 Å². The Morgan fingerprint density at radius 3 is 2.50 bits per heavy atom. The fraction of sp³-hybridized carbons (Fsp3) is 0.417. The molecule has 7 nitrogen and oxygen atoms in total. The number of nitrogens with one attached hydrogen (secondary N) is 2. The molecule has 4 aromatic rings. The summed E-state index contributed by atoms with van der Waals surface area (Å²) in [5.41, 5.74) is 3.67. The van der Waals surface area contributed by atoms with Crippen molar-refractivity contribution in [1.29, 1.82) is 0 Å². The lowest BCUT2D eigenvalue weighted by Gasteiger charge is -2.49. The molecule has 3 aromatic heterocycles. The van der Waals surface area contributed by atoms with Crippen LogP contribution in [0.5, 0.6) is 5.75 Å². The van der Waals surface area contributed by atoms with Crippen LogP contribution in [-0.2, 0) is 0 Å². The summed E-state index contributed by atoms with van der Waals surface area (Å²) >= 11 is 1.75. The van der Waals surface area contributed by atoms with Gasteiger partial charge in [0.25, 0.3) is 0 Å². The zero-order valence-electron chi connectivity index (χ0n) is 19.2. The number of H-pyrrole nitrogens is 1. The summed E-state index contributed by atoms with van der Waals surface area (Å²) in [6, 6.07) is 8.23. The van der Waals surface area contributed by atoms with Gasteiger partial charge in [-0.1, -0.05) is 6.07 Å². The Bertz CT molecular complexity index is 1210. The molecule has 5 rings (SSSR count). The largest absolute Gasteiger partial charge is 0.506 e. The van der Waals surface area contributed by atoms with Crippen LogP contribution >= 0.6 is 11.3 Å². The molecular weight excluding hydrogens is 420 g/mol. The Morgan fingerprint density at radius 2 is 1.88 bits per heavy atom. The smallest absolute Gasteiger partial charge is 0.141 e. The maximum Gasteiger partial charge on any atom is 0.141 e. The van der Waals surface area contributed by atoms with E-state index >= 15 is 0 Å². The van der Waals surface area contributed by atoms with E-state index in [1.807, 2.05) is 18.3 Å². The van der Waals surface area contributed by atoms with Crippen LogP contribution in [0.3, 0.4) is 0 Å². The third-order valence-electron chi connectivity index (χ3n) is 6.30. The molecule has 1 aliphatic heterocycles. The van der Waals surface area contributed by atoms with Crippen molar-refractivity contribution in [3.05, 3.63) is 42.9 Å². The van der Waals surface area contributed by atoms with Crippen molar-refractivity contribution in [2.75, 3.05) is 11.9 Å². The average molecular weight is 451 g/mol. The van der Waals surface area contributed by atoms with Crippen LogP contribution < -0.4 is 10.2 Å². The maximum atomic E-state index is 10.6. The molecule has 8 heteroatoms. The number of aromatic nitrogens is 4. The van der Waals surface area contributed by atoms with Crippen molar-refractivity contribution in [2.45, 2.75) is 57.7 Å². The van der Waals surface area contributed by atoms with Gasteiger partial charge >= 0.3 is 0 Å². The highest BCUT2D eigenvalue weighted by Crippen LogP contribution is 2.38. The number of thiophene rings is 1. The Labute approximate surface area is 192 Å². The summed E-state index contributed by atoms with van der Waals surface area (Å²) in [5.74, 6) is 0.190. The van der Waals surface area contributed by atoms with E-state index in [9.17, 15) is 5.11 Å². The minimum Gasteiger partial charge on any atom is -0.506 e. The number of rotatable bonds is 4. The fourth-order valence-electron chi connectivity index (χ4n) is 5.13. The van der Waals surface area contributed by atoms with E-state index in [-0.39, 0.29) is 16.8 Å². The first kappa shape index (κ1) is 21.0. The first-order valence-electron chi connectivity index (χ1n) is 10.9. The number of fused-ring (bicyclic) bond motifs is 1. The average Bonchev–Trinajstić information content (AvgIpc) is 3.41. The molecular formula is C24H30N6OS. The van der Waals surface area contributed by atoms with Crippen LogP contribution in [0.2, 0.25) is 0 Å². The number of benzene rings is 1. The van der Waals surface area contributed by atoms with Gasteiger partial charge in [-0.05, 0) is 58.2 Å². The van der Waals surface area contributed by atoms with E-state index in [0.29, 0.717) is 11.7 Å². The molecule has 1 saturated heterocycles. The van der Waals surface area contributed by atoms with Crippen molar-refractivity contribution in [2.24, 2.45) is 0 Å². The predicted molar refractivity (Wildman–Crippen MR) is 131 cm³/mol. The van der Waals surface area contributed by atoms with Gasteiger partial charge in [0.15, 0.2) is 0 Å². The van der Waals surface area contributed by atoms with E-state index in [2.05, 4.69) is 61.2 Å². The van der Waals surface area contributed by atoms with E-state index in [1.165, 1.54) is 5.00 Å². The molecule has 0 spiro atoms. The van der Waals surface area contributed by atoms with Crippen molar-refractivity contribution >= 4 is 26.6 Å². The number of aromatic hydroxyl groups is 1. The van der Waals surface area contributed by atoms with E-state index in [0.717, 1.165) is 34.2 Å². The topological polar surface area (TPSA) is 82.0 Å². The molecule has 4 heterocycles. The van der Waals surface area contributed by atoms with Crippen LogP contribution in [0.15, 0.2) is 42.9 Å². The normalized spacial score (nSPS) is 18.3. The number of aromatic amines is 1. The van der Waals surface area contributed by atoms with Crippen LogP contribution in [0.25, 0.3) is 27.0 Å². The summed E-state index contributed by atoms with van der Waals surface area (Å²) in [6.45, 7) is 9.14. The number of hydrogen-bond donors (Lipinski definition) is 3. The summed E-state index contributed by atoms with van der Waals surface area (Å²) in [7, 11) is 2.20. The Hall–Kier alpha value is -2.84. The molecule has 3 N–H and O–H groups in total. The third-order valence-corrected chi connectivity index (χ3v) is 7.45. The zero-order valence-corrected chi connectivity index (χ0v) is 20.0. The van der Waals surface area contributed by atoms with E-state index < -0.39 is 0 Å². The standard InChI is InChI=1S/C24H30N6OS/c1-23(2)10-17(11-24(3,4)28-23)29(5)22-9-18-21(32-22)14-30(27-18)19-7-6-15(8-20(19)31)16-12-25-26-13-16/h6-9,12-14,17,28,31H,10-11H2,1-5H3,(H,25,26). The van der Waals surface area contributed by atoms with E-state index in [1.54, 1.807) is 34.5 Å². The Kier molecular flexibility index (Phi) is 4.83. The molecule has 32 heavy (non-hydrogen) atoms. The number of phenolic OH excluding ortho intramolecular Hbond substituents is 1. The molecule has 0 aliphatic carbocycles. The summed E-state index contributed by atoms with van der Waals surface area (Å²) < 4.78 is 2.87. The molecule has 0 atom stereocenters. The van der Waals surface area contributed by atoms with Gasteiger partial charge in [-0.25, -0.2) is 4.68 Å². The number of nitrogens with zero attached hydrogens (tertiary/aromatic N) is 4. The molecule has 168 valence electrons. The van der Waals surface area contributed by atoms with Crippen LogP contribution in [-0.4, -0.2) is 49.3 Å². The van der Waals surface area contributed by atoms with Gasteiger partial charge < -0.3 is 15.3 Å². The molecule has 1 aromatic carbocycles. The molecule has 1 aliphatic rings. The third kappa shape index (κ3) is 3.89. The molecule has 0 radical (unpaired) electrons. The van der Waals surface area contributed by atoms with Gasteiger partial charge in [0.05, 0.1) is 15.9 Å². The molecule has 0 unspecified atom stereocenters. The second-order valence-electron chi connectivity index (χ2n) is 10.2. The van der Waals surface area contributed by atoms with Crippen LogP contribution in [0, 0.1) is 0 Å². The second kappa shape index (κ2) is 7.35. The van der Waals surface area contributed by atoms with E-state index in [4.69, 9.17) is 5.10 Å². The minimum atomic E-state index is 0.105.